The lowest BCUT2D eigenvalue weighted by atomic mass is 9.92. The maximum atomic E-state index is 12.0. The number of hydrogen-bond donors (Lipinski definition) is 2. The maximum absolute atomic E-state index is 12.0. The number of alkyl halides is 1. The van der Waals surface area contributed by atoms with E-state index < -0.39 is 24.6 Å². The SMILES string of the molecule is CC(=O)[C@@H](N)CC(Cc1ccc(OCC[18F])cc1)C(=O)O. The van der Waals surface area contributed by atoms with Crippen molar-refractivity contribution in [2.75, 3.05) is 13.3 Å². The molecule has 0 bridgehead atoms. The molecule has 0 heterocycles. The molecule has 21 heavy (non-hydrogen) atoms. The number of halogens is 1. The van der Waals surface area contributed by atoms with Gasteiger partial charge in [-0.1, -0.05) is 12.1 Å². The van der Waals surface area contributed by atoms with Crippen molar-refractivity contribution in [3.05, 3.63) is 29.8 Å². The minimum Gasteiger partial charge on any atom is -0.491 e. The van der Waals surface area contributed by atoms with E-state index >= 15 is 0 Å². The van der Waals surface area contributed by atoms with Crippen molar-refractivity contribution in [1.82, 2.24) is 0 Å². The highest BCUT2D eigenvalue weighted by Gasteiger charge is 2.23. The molecule has 0 fully saturated rings. The van der Waals surface area contributed by atoms with Gasteiger partial charge < -0.3 is 15.6 Å². The molecule has 0 amide bonds. The Morgan fingerprint density at radius 2 is 1.95 bits per heavy atom. The zero-order chi connectivity index (χ0) is 15.8. The molecule has 1 aromatic rings. The number of nitrogens with two attached hydrogens (primary N) is 1. The van der Waals surface area contributed by atoms with Gasteiger partial charge in [-0.05, 0) is 37.5 Å². The van der Waals surface area contributed by atoms with Crippen LogP contribution in [0.3, 0.4) is 0 Å². The molecule has 0 aliphatic heterocycles. The summed E-state index contributed by atoms with van der Waals surface area (Å²) in [7, 11) is 0. The fraction of sp³-hybridized carbons (Fsp3) is 0.467. The molecule has 3 N–H and O–H groups in total. The second-order valence-corrected chi connectivity index (χ2v) is 4.87. The van der Waals surface area contributed by atoms with Crippen LogP contribution in [-0.2, 0) is 16.0 Å². The lowest BCUT2D eigenvalue weighted by molar-refractivity contribution is -0.142. The zero-order valence-electron chi connectivity index (χ0n) is 11.9. The molecule has 0 aliphatic rings. The van der Waals surface area contributed by atoms with Crippen molar-refractivity contribution in [3.63, 3.8) is 0 Å². The third-order valence-electron chi connectivity index (χ3n) is 3.16. The summed E-state index contributed by atoms with van der Waals surface area (Å²) in [6, 6.07) is 6.01. The smallest absolute Gasteiger partial charge is 0.306 e. The summed E-state index contributed by atoms with van der Waals surface area (Å²) in [6.45, 7) is 0.775. The van der Waals surface area contributed by atoms with Crippen LogP contribution in [0.5, 0.6) is 5.75 Å². The van der Waals surface area contributed by atoms with E-state index in [9.17, 15) is 19.1 Å². The molecule has 0 radical (unpaired) electrons. The number of carboxylic acids is 1. The molecule has 1 aromatic carbocycles. The molecule has 0 saturated carbocycles. The lowest BCUT2D eigenvalue weighted by Crippen LogP contribution is -2.33. The third kappa shape index (κ3) is 5.91. The number of aliphatic carboxylic acids is 1. The van der Waals surface area contributed by atoms with Crippen molar-refractivity contribution >= 4 is 11.8 Å². The van der Waals surface area contributed by atoms with Crippen LogP contribution in [0.2, 0.25) is 0 Å². The van der Waals surface area contributed by atoms with Gasteiger partial charge in [-0.3, -0.25) is 9.59 Å². The normalized spacial score (nSPS) is 13.5. The molecule has 6 heteroatoms. The molecule has 1 rings (SSSR count). The highest BCUT2D eigenvalue weighted by Crippen LogP contribution is 2.18. The van der Waals surface area contributed by atoms with E-state index in [0.29, 0.717) is 5.75 Å². The van der Waals surface area contributed by atoms with Crippen LogP contribution in [0, 0.1) is 5.92 Å². The van der Waals surface area contributed by atoms with Gasteiger partial charge in [0.2, 0.25) is 0 Å². The monoisotopic (exact) mass is 296 g/mol. The van der Waals surface area contributed by atoms with Crippen LogP contribution >= 0.6 is 0 Å². The molecule has 2 atom stereocenters. The number of carboxylic acid groups (broad SMARTS) is 1. The second-order valence-electron chi connectivity index (χ2n) is 4.87. The number of Topliss-reactive ketones (excluding diaryl/α,β-unsaturated/α-hetero) is 1. The van der Waals surface area contributed by atoms with Crippen molar-refractivity contribution in [1.29, 1.82) is 0 Å². The van der Waals surface area contributed by atoms with E-state index in [1.54, 1.807) is 24.3 Å². The minimum atomic E-state index is -0.982. The Hall–Kier alpha value is -1.95. The Labute approximate surface area is 122 Å². The first-order chi connectivity index (χ1) is 9.93. The number of carbonyl (C=O) groups excluding carboxylic acids is 1. The molecule has 1 unspecified atom stereocenters. The van der Waals surface area contributed by atoms with E-state index in [1.807, 2.05) is 0 Å². The zero-order valence-corrected chi connectivity index (χ0v) is 11.9. The molecular weight excluding hydrogens is 276 g/mol. The first-order valence-electron chi connectivity index (χ1n) is 6.70. The maximum Gasteiger partial charge on any atom is 0.306 e. The standard InChI is InChI=1S/C15H20FNO4/c1-10(18)14(17)9-12(15(19)20)8-11-2-4-13(5-3-11)21-7-6-16/h2-5,12,14H,6-9,17H2,1H3,(H,19,20)/t12?,14-/m0/s1/i16-1. The van der Waals surface area contributed by atoms with Gasteiger partial charge in [0, 0.05) is 0 Å². The summed E-state index contributed by atoms with van der Waals surface area (Å²) in [6.07, 6.45) is 0.379. The average molecular weight is 296 g/mol. The van der Waals surface area contributed by atoms with E-state index in [1.165, 1.54) is 6.92 Å². The van der Waals surface area contributed by atoms with E-state index in [2.05, 4.69) is 0 Å². The fourth-order valence-corrected chi connectivity index (χ4v) is 1.91. The molecular formula is C15H20FNO4. The van der Waals surface area contributed by atoms with E-state index in [4.69, 9.17) is 10.5 Å². The Morgan fingerprint density at radius 3 is 2.43 bits per heavy atom. The van der Waals surface area contributed by atoms with Crippen molar-refractivity contribution in [3.8, 4) is 5.75 Å². The van der Waals surface area contributed by atoms with Gasteiger partial charge >= 0.3 is 5.97 Å². The summed E-state index contributed by atoms with van der Waals surface area (Å²) in [5.41, 5.74) is 6.42. The Kier molecular flexibility index (Phi) is 6.81. The Balaban J connectivity index is 2.66. The number of rotatable bonds is 9. The van der Waals surface area contributed by atoms with Gasteiger partial charge in [-0.15, -0.1) is 0 Å². The number of ether oxygens (including phenoxy) is 1. The highest BCUT2D eigenvalue weighted by molar-refractivity contribution is 5.82. The average Bonchev–Trinajstić information content (AvgIpc) is 2.45. The summed E-state index contributed by atoms with van der Waals surface area (Å²) in [5, 5.41) is 9.20. The van der Waals surface area contributed by atoms with E-state index in [-0.39, 0.29) is 25.2 Å². The summed E-state index contributed by atoms with van der Waals surface area (Å²) >= 11 is 0. The van der Waals surface area contributed by atoms with Gasteiger partial charge in [-0.25, -0.2) is 4.39 Å². The van der Waals surface area contributed by atoms with Gasteiger partial charge in [-0.2, -0.15) is 0 Å². The largest absolute Gasteiger partial charge is 0.491 e. The van der Waals surface area contributed by atoms with Crippen LogP contribution < -0.4 is 10.5 Å². The van der Waals surface area contributed by atoms with Crippen molar-refractivity contribution in [2.45, 2.75) is 25.8 Å². The van der Waals surface area contributed by atoms with Crippen molar-refractivity contribution in [2.24, 2.45) is 11.7 Å². The fourth-order valence-electron chi connectivity index (χ4n) is 1.91. The molecule has 0 spiro atoms. The van der Waals surface area contributed by atoms with Crippen molar-refractivity contribution < 1.29 is 23.8 Å². The molecule has 5 nitrogen and oxygen atoms in total. The lowest BCUT2D eigenvalue weighted by Gasteiger charge is -2.16. The Bertz CT molecular complexity index is 475. The number of hydrogen-bond acceptors (Lipinski definition) is 4. The third-order valence-corrected chi connectivity index (χ3v) is 3.16. The highest BCUT2D eigenvalue weighted by atomic mass is 18.2. The number of ketones is 1. The van der Waals surface area contributed by atoms with Crippen LogP contribution in [0.15, 0.2) is 24.3 Å². The summed E-state index contributed by atoms with van der Waals surface area (Å²) in [4.78, 5) is 22.4. The van der Waals surface area contributed by atoms with Crippen LogP contribution in [0.1, 0.15) is 18.9 Å². The predicted molar refractivity (Wildman–Crippen MR) is 76.0 cm³/mol. The number of carbonyl (C=O) groups is 2. The van der Waals surface area contributed by atoms with Gasteiger partial charge in [0.25, 0.3) is 0 Å². The number of benzene rings is 1. The Morgan fingerprint density at radius 1 is 1.33 bits per heavy atom. The second kappa shape index (κ2) is 8.36. The van der Waals surface area contributed by atoms with Gasteiger partial charge in [0.1, 0.15) is 24.8 Å². The summed E-state index contributed by atoms with van der Waals surface area (Å²) in [5.74, 6) is -1.40. The van der Waals surface area contributed by atoms with Crippen LogP contribution in [0.4, 0.5) is 4.39 Å². The first kappa shape index (κ1) is 17.1. The van der Waals surface area contributed by atoms with Gasteiger partial charge in [0.05, 0.1) is 12.0 Å². The molecule has 0 saturated heterocycles. The molecule has 0 aliphatic carbocycles. The quantitative estimate of drug-likeness (QED) is 0.722. The molecule has 116 valence electrons. The summed E-state index contributed by atoms with van der Waals surface area (Å²) < 4.78 is 17.1. The van der Waals surface area contributed by atoms with Crippen LogP contribution in [0.25, 0.3) is 0 Å². The minimum absolute atomic E-state index is 0.00936. The topological polar surface area (TPSA) is 89.6 Å². The molecule has 0 aromatic heterocycles. The predicted octanol–water partition coefficient (Wildman–Crippen LogP) is 1.58. The van der Waals surface area contributed by atoms with Gasteiger partial charge in [0.15, 0.2) is 0 Å². The first-order valence-corrected chi connectivity index (χ1v) is 6.70. The van der Waals surface area contributed by atoms with Crippen LogP contribution in [-0.4, -0.2) is 36.2 Å². The van der Waals surface area contributed by atoms with E-state index in [0.717, 1.165) is 5.56 Å².